The molecule has 0 amide bonds. The molecular weight excluding hydrogens is 407 g/mol. The average molecular weight is 427 g/mol. The zero-order chi connectivity index (χ0) is 20.2. The number of ether oxygens (including phenoxy) is 2. The van der Waals surface area contributed by atoms with Gasteiger partial charge >= 0.3 is 0 Å². The van der Waals surface area contributed by atoms with E-state index in [9.17, 15) is 0 Å². The number of aromatic nitrogens is 2. The average Bonchev–Trinajstić information content (AvgIpc) is 3.06. The molecule has 0 aliphatic rings. The number of rotatable bonds is 7. The third-order valence-corrected chi connectivity index (χ3v) is 5.12. The summed E-state index contributed by atoms with van der Waals surface area (Å²) in [4.78, 5) is 4.73. The monoisotopic (exact) mass is 426 g/mol. The van der Waals surface area contributed by atoms with E-state index in [0.29, 0.717) is 35.6 Å². The molecule has 0 spiro atoms. The predicted octanol–water partition coefficient (Wildman–Crippen LogP) is 6.31. The number of benzene rings is 3. The van der Waals surface area contributed by atoms with E-state index in [2.05, 4.69) is 11.5 Å². The Labute approximate surface area is 179 Å². The van der Waals surface area contributed by atoms with Crippen LogP contribution in [0.2, 0.25) is 10.0 Å². The molecule has 3 aromatic carbocycles. The van der Waals surface area contributed by atoms with E-state index in [-0.39, 0.29) is 0 Å². The predicted molar refractivity (Wildman–Crippen MR) is 117 cm³/mol. The van der Waals surface area contributed by atoms with Crippen molar-refractivity contribution in [3.05, 3.63) is 88.2 Å². The second-order valence-corrected chi connectivity index (χ2v) is 7.54. The second-order valence-electron chi connectivity index (χ2n) is 6.69. The Kier molecular flexibility index (Phi) is 5.93. The van der Waals surface area contributed by atoms with Gasteiger partial charge in [0.05, 0.1) is 22.6 Å². The fourth-order valence-corrected chi connectivity index (χ4v) is 3.57. The largest absolute Gasteiger partial charge is 0.492 e. The maximum absolute atomic E-state index is 6.22. The van der Waals surface area contributed by atoms with E-state index in [1.807, 2.05) is 48.5 Å². The first kappa shape index (κ1) is 19.6. The SMILES string of the molecule is Cc1ccc(OCCn2c(COc3ccc(Cl)cc3Cl)nc3ccccc32)cc1. The molecule has 0 aliphatic carbocycles. The van der Waals surface area contributed by atoms with Crippen LogP contribution in [0.5, 0.6) is 11.5 Å². The Morgan fingerprint density at radius 3 is 2.52 bits per heavy atom. The number of imidazole rings is 1. The van der Waals surface area contributed by atoms with Crippen molar-refractivity contribution in [3.8, 4) is 11.5 Å². The van der Waals surface area contributed by atoms with Gasteiger partial charge in [-0.15, -0.1) is 0 Å². The van der Waals surface area contributed by atoms with Crippen molar-refractivity contribution in [2.45, 2.75) is 20.1 Å². The molecule has 0 aliphatic heterocycles. The molecule has 0 saturated heterocycles. The molecule has 6 heteroatoms. The molecule has 0 fully saturated rings. The van der Waals surface area contributed by atoms with Crippen LogP contribution in [0.4, 0.5) is 0 Å². The summed E-state index contributed by atoms with van der Waals surface area (Å²) in [7, 11) is 0. The summed E-state index contributed by atoms with van der Waals surface area (Å²) in [6.07, 6.45) is 0. The van der Waals surface area contributed by atoms with Gasteiger partial charge in [-0.25, -0.2) is 4.98 Å². The van der Waals surface area contributed by atoms with Crippen LogP contribution in [0.1, 0.15) is 11.4 Å². The molecule has 1 aromatic heterocycles. The van der Waals surface area contributed by atoms with Gasteiger partial charge < -0.3 is 14.0 Å². The Hall–Kier alpha value is -2.69. The highest BCUT2D eigenvalue weighted by molar-refractivity contribution is 6.35. The van der Waals surface area contributed by atoms with Crippen LogP contribution in [-0.4, -0.2) is 16.2 Å². The second kappa shape index (κ2) is 8.76. The summed E-state index contributed by atoms with van der Waals surface area (Å²) in [6, 6.07) is 21.2. The normalized spacial score (nSPS) is 11.0. The molecule has 4 nitrogen and oxygen atoms in total. The summed E-state index contributed by atoms with van der Waals surface area (Å²) in [6.45, 7) is 3.53. The van der Waals surface area contributed by atoms with Gasteiger partial charge in [-0.2, -0.15) is 0 Å². The van der Waals surface area contributed by atoms with Crippen molar-refractivity contribution in [2.24, 2.45) is 0 Å². The van der Waals surface area contributed by atoms with Gasteiger partial charge in [0.2, 0.25) is 0 Å². The number of hydrogen-bond acceptors (Lipinski definition) is 3. The van der Waals surface area contributed by atoms with E-state index < -0.39 is 0 Å². The molecule has 0 atom stereocenters. The lowest BCUT2D eigenvalue weighted by Crippen LogP contribution is -2.13. The fourth-order valence-electron chi connectivity index (χ4n) is 3.11. The standard InChI is InChI=1S/C23H20Cl2N2O2/c1-16-6-9-18(10-7-16)28-13-12-27-21-5-3-2-4-20(21)26-23(27)15-29-22-11-8-17(24)14-19(22)25/h2-11,14H,12-13,15H2,1H3. The summed E-state index contributed by atoms with van der Waals surface area (Å²) >= 11 is 12.2. The number of aryl methyl sites for hydroxylation is 1. The van der Waals surface area contributed by atoms with E-state index in [1.54, 1.807) is 18.2 Å². The molecule has 0 bridgehead atoms. The van der Waals surface area contributed by atoms with Gasteiger partial charge in [0.15, 0.2) is 0 Å². The summed E-state index contributed by atoms with van der Waals surface area (Å²) < 4.78 is 13.9. The molecule has 29 heavy (non-hydrogen) atoms. The molecule has 4 rings (SSSR count). The van der Waals surface area contributed by atoms with Gasteiger partial charge in [0.1, 0.15) is 30.5 Å². The van der Waals surface area contributed by atoms with Gasteiger partial charge in [0, 0.05) is 5.02 Å². The van der Waals surface area contributed by atoms with Crippen LogP contribution >= 0.6 is 23.2 Å². The molecule has 0 N–H and O–H groups in total. The summed E-state index contributed by atoms with van der Waals surface area (Å²) in [5.74, 6) is 2.24. The first-order valence-corrected chi connectivity index (χ1v) is 10.1. The fraction of sp³-hybridized carbons (Fsp3) is 0.174. The third kappa shape index (κ3) is 4.66. The zero-order valence-corrected chi connectivity index (χ0v) is 17.5. The lowest BCUT2D eigenvalue weighted by atomic mass is 10.2. The molecule has 0 unspecified atom stereocenters. The Balaban J connectivity index is 1.51. The number of halogens is 2. The number of hydrogen-bond donors (Lipinski definition) is 0. The van der Waals surface area contributed by atoms with E-state index in [4.69, 9.17) is 37.7 Å². The minimum Gasteiger partial charge on any atom is -0.492 e. The van der Waals surface area contributed by atoms with E-state index in [0.717, 1.165) is 22.6 Å². The smallest absolute Gasteiger partial charge is 0.148 e. The maximum Gasteiger partial charge on any atom is 0.148 e. The lowest BCUT2D eigenvalue weighted by molar-refractivity contribution is 0.272. The molecule has 4 aromatic rings. The third-order valence-electron chi connectivity index (χ3n) is 4.59. The van der Waals surface area contributed by atoms with Gasteiger partial charge in [0.25, 0.3) is 0 Å². The van der Waals surface area contributed by atoms with E-state index >= 15 is 0 Å². The quantitative estimate of drug-likeness (QED) is 0.347. The van der Waals surface area contributed by atoms with Gasteiger partial charge in [-0.1, -0.05) is 53.0 Å². The summed E-state index contributed by atoms with van der Waals surface area (Å²) in [5.41, 5.74) is 3.17. The Bertz CT molecular complexity index is 1120. The van der Waals surface area contributed by atoms with Crippen molar-refractivity contribution < 1.29 is 9.47 Å². The Morgan fingerprint density at radius 1 is 0.931 bits per heavy atom. The minimum absolute atomic E-state index is 0.292. The van der Waals surface area contributed by atoms with Crippen molar-refractivity contribution in [1.82, 2.24) is 9.55 Å². The van der Waals surface area contributed by atoms with Crippen LogP contribution in [0.3, 0.4) is 0 Å². The highest BCUT2D eigenvalue weighted by Gasteiger charge is 2.12. The zero-order valence-electron chi connectivity index (χ0n) is 15.9. The van der Waals surface area contributed by atoms with Crippen molar-refractivity contribution in [2.75, 3.05) is 6.61 Å². The van der Waals surface area contributed by atoms with Gasteiger partial charge in [-0.3, -0.25) is 0 Å². The number of para-hydroxylation sites is 2. The van der Waals surface area contributed by atoms with Crippen LogP contribution in [0.15, 0.2) is 66.7 Å². The lowest BCUT2D eigenvalue weighted by Gasteiger charge is -2.12. The van der Waals surface area contributed by atoms with Crippen LogP contribution in [-0.2, 0) is 13.2 Å². The maximum atomic E-state index is 6.22. The van der Waals surface area contributed by atoms with Crippen LogP contribution in [0, 0.1) is 6.92 Å². The molecule has 1 heterocycles. The minimum atomic E-state index is 0.292. The molecule has 148 valence electrons. The van der Waals surface area contributed by atoms with Crippen molar-refractivity contribution in [1.29, 1.82) is 0 Å². The number of fused-ring (bicyclic) bond motifs is 1. The van der Waals surface area contributed by atoms with Gasteiger partial charge in [-0.05, 0) is 49.4 Å². The highest BCUT2D eigenvalue weighted by atomic mass is 35.5. The van der Waals surface area contributed by atoms with Crippen LogP contribution < -0.4 is 9.47 Å². The molecule has 0 radical (unpaired) electrons. The highest BCUT2D eigenvalue weighted by Crippen LogP contribution is 2.28. The number of nitrogens with zero attached hydrogens (tertiary/aromatic N) is 2. The van der Waals surface area contributed by atoms with E-state index in [1.165, 1.54) is 5.56 Å². The Morgan fingerprint density at radius 2 is 1.72 bits per heavy atom. The van der Waals surface area contributed by atoms with Crippen molar-refractivity contribution >= 4 is 34.2 Å². The first-order valence-electron chi connectivity index (χ1n) is 9.31. The molecular formula is C23H20Cl2N2O2. The summed E-state index contributed by atoms with van der Waals surface area (Å²) in [5, 5.41) is 1.05. The molecule has 0 saturated carbocycles. The van der Waals surface area contributed by atoms with Crippen molar-refractivity contribution in [3.63, 3.8) is 0 Å². The topological polar surface area (TPSA) is 36.3 Å². The van der Waals surface area contributed by atoms with Crippen LogP contribution in [0.25, 0.3) is 11.0 Å². The first-order chi connectivity index (χ1) is 14.1.